The molecule has 0 amide bonds. The molecule has 11 heteroatoms. The first-order valence-corrected chi connectivity index (χ1v) is 7.32. The highest BCUT2D eigenvalue weighted by atomic mass is 32.1. The highest BCUT2D eigenvalue weighted by Gasteiger charge is 2.39. The minimum Gasteiger partial charge on any atom is -0.329 e. The minimum absolute atomic E-state index is 0.0987. The summed E-state index contributed by atoms with van der Waals surface area (Å²) in [5.41, 5.74) is -0.652. The molecule has 0 unspecified atom stereocenters. The van der Waals surface area contributed by atoms with Crippen molar-refractivity contribution in [2.45, 2.75) is 26.1 Å². The van der Waals surface area contributed by atoms with Gasteiger partial charge in [-0.15, -0.1) is 0 Å². The summed E-state index contributed by atoms with van der Waals surface area (Å²) in [6.45, 7) is 1.59. The van der Waals surface area contributed by atoms with Crippen LogP contribution >= 0.6 is 12.2 Å². The molecule has 1 heterocycles. The summed E-state index contributed by atoms with van der Waals surface area (Å²) in [5, 5.41) is 4.23. The highest BCUT2D eigenvalue weighted by molar-refractivity contribution is 7.80. The predicted molar refractivity (Wildman–Crippen MR) is 80.1 cm³/mol. The lowest BCUT2D eigenvalue weighted by Gasteiger charge is -2.22. The van der Waals surface area contributed by atoms with Crippen molar-refractivity contribution >= 4 is 17.2 Å². The van der Waals surface area contributed by atoms with E-state index in [1.165, 1.54) is 18.2 Å². The maximum Gasteiger partial charge on any atom is 0.471 e. The standard InChI is InChI=1S/C14H12F5N3O2S/c1-3-9(25)22(23-2)6-7-4-5-8(11(16)10(7)15)12-20-13(24-21-12)14(17,18)19/h4-5H,3,6H2,1-2H3. The summed E-state index contributed by atoms with van der Waals surface area (Å²) in [7, 11) is 1.32. The number of hydrogen-bond donors (Lipinski definition) is 0. The van der Waals surface area contributed by atoms with Crippen LogP contribution in [0.15, 0.2) is 16.7 Å². The van der Waals surface area contributed by atoms with E-state index in [4.69, 9.17) is 17.1 Å². The van der Waals surface area contributed by atoms with Gasteiger partial charge < -0.3 is 4.52 Å². The van der Waals surface area contributed by atoms with Gasteiger partial charge >= 0.3 is 12.1 Å². The molecular formula is C14H12F5N3O2S. The number of aromatic nitrogens is 2. The molecule has 0 N–H and O–H groups in total. The van der Waals surface area contributed by atoms with Crippen molar-refractivity contribution in [3.05, 3.63) is 35.2 Å². The molecular weight excluding hydrogens is 369 g/mol. The van der Waals surface area contributed by atoms with Gasteiger partial charge in [0, 0.05) is 5.56 Å². The Balaban J connectivity index is 2.34. The van der Waals surface area contributed by atoms with E-state index < -0.39 is 35.1 Å². The van der Waals surface area contributed by atoms with E-state index in [9.17, 15) is 22.0 Å². The molecule has 136 valence electrons. The van der Waals surface area contributed by atoms with Crippen LogP contribution in [0.25, 0.3) is 11.4 Å². The molecule has 0 fully saturated rings. The van der Waals surface area contributed by atoms with Crippen LogP contribution in [0.1, 0.15) is 24.8 Å². The Morgan fingerprint density at radius 2 is 1.96 bits per heavy atom. The van der Waals surface area contributed by atoms with Crippen LogP contribution in [0.5, 0.6) is 0 Å². The lowest BCUT2D eigenvalue weighted by molar-refractivity contribution is -0.159. The molecule has 0 aliphatic heterocycles. The van der Waals surface area contributed by atoms with Crippen LogP contribution in [-0.2, 0) is 17.6 Å². The fourth-order valence-corrected chi connectivity index (χ4v) is 2.06. The van der Waals surface area contributed by atoms with Gasteiger partial charge in [0.1, 0.15) is 4.99 Å². The number of rotatable bonds is 5. The molecule has 0 atom stereocenters. The summed E-state index contributed by atoms with van der Waals surface area (Å²) in [4.78, 5) is 8.41. The number of hydrogen-bond acceptors (Lipinski definition) is 5. The second-order valence-corrected chi connectivity index (χ2v) is 5.26. The maximum absolute atomic E-state index is 14.2. The molecule has 0 radical (unpaired) electrons. The van der Waals surface area contributed by atoms with E-state index >= 15 is 0 Å². The number of nitrogens with zero attached hydrogens (tertiary/aromatic N) is 3. The van der Waals surface area contributed by atoms with Crippen LogP contribution in [0, 0.1) is 11.6 Å². The second-order valence-electron chi connectivity index (χ2n) is 4.79. The van der Waals surface area contributed by atoms with Crippen LogP contribution in [0.4, 0.5) is 22.0 Å². The van der Waals surface area contributed by atoms with E-state index in [-0.39, 0.29) is 12.1 Å². The summed E-state index contributed by atoms with van der Waals surface area (Å²) >= 11 is 5.04. The van der Waals surface area contributed by atoms with Gasteiger partial charge in [-0.3, -0.25) is 4.84 Å². The van der Waals surface area contributed by atoms with Crippen molar-refractivity contribution in [3.63, 3.8) is 0 Å². The van der Waals surface area contributed by atoms with E-state index in [0.29, 0.717) is 11.4 Å². The van der Waals surface area contributed by atoms with Crippen molar-refractivity contribution in [1.29, 1.82) is 0 Å². The zero-order chi connectivity index (χ0) is 18.8. The lowest BCUT2D eigenvalue weighted by Crippen LogP contribution is -2.27. The third kappa shape index (κ3) is 4.10. The molecule has 0 aliphatic rings. The summed E-state index contributed by atoms with van der Waals surface area (Å²) in [6.07, 6.45) is -4.43. The fourth-order valence-electron chi connectivity index (χ4n) is 1.92. The average molecular weight is 381 g/mol. The van der Waals surface area contributed by atoms with Crippen molar-refractivity contribution in [1.82, 2.24) is 15.2 Å². The Morgan fingerprint density at radius 3 is 2.48 bits per heavy atom. The zero-order valence-corrected chi connectivity index (χ0v) is 13.8. The molecule has 0 saturated carbocycles. The summed E-state index contributed by atoms with van der Waals surface area (Å²) in [5.74, 6) is -5.02. The van der Waals surface area contributed by atoms with Gasteiger partial charge in [0.2, 0.25) is 5.82 Å². The highest BCUT2D eigenvalue weighted by Crippen LogP contribution is 2.31. The average Bonchev–Trinajstić information content (AvgIpc) is 3.05. The van der Waals surface area contributed by atoms with E-state index in [1.54, 1.807) is 6.92 Å². The van der Waals surface area contributed by atoms with E-state index in [0.717, 1.165) is 6.07 Å². The number of thiocarbonyl (C=S) groups is 1. The SMILES string of the molecule is CCC(=S)N(Cc1ccc(-c2noc(C(F)(F)F)n2)c(F)c1F)OC. The Bertz CT molecular complexity index is 778. The zero-order valence-electron chi connectivity index (χ0n) is 13.0. The molecule has 1 aromatic carbocycles. The Kier molecular flexibility index (Phi) is 5.68. The van der Waals surface area contributed by atoms with Crippen LogP contribution < -0.4 is 0 Å². The molecule has 2 rings (SSSR count). The number of alkyl halides is 3. The fraction of sp³-hybridized carbons (Fsp3) is 0.357. The first kappa shape index (κ1) is 19.2. The van der Waals surface area contributed by atoms with E-state index in [1.807, 2.05) is 0 Å². The van der Waals surface area contributed by atoms with Gasteiger partial charge in [-0.05, 0) is 12.5 Å². The summed E-state index contributed by atoms with van der Waals surface area (Å²) < 4.78 is 69.9. The largest absolute Gasteiger partial charge is 0.471 e. The van der Waals surface area contributed by atoms with Crippen molar-refractivity contribution < 1.29 is 31.3 Å². The predicted octanol–water partition coefficient (Wildman–Crippen LogP) is 4.13. The molecule has 0 aliphatic carbocycles. The molecule has 25 heavy (non-hydrogen) atoms. The van der Waals surface area contributed by atoms with Gasteiger partial charge in [0.25, 0.3) is 0 Å². The third-order valence-corrected chi connectivity index (χ3v) is 3.68. The Morgan fingerprint density at radius 1 is 1.28 bits per heavy atom. The monoisotopic (exact) mass is 381 g/mol. The lowest BCUT2D eigenvalue weighted by atomic mass is 10.1. The van der Waals surface area contributed by atoms with Crippen molar-refractivity contribution in [2.24, 2.45) is 0 Å². The van der Waals surface area contributed by atoms with Gasteiger partial charge in [0.15, 0.2) is 11.6 Å². The topological polar surface area (TPSA) is 51.4 Å². The quantitative estimate of drug-likeness (QED) is 0.441. The number of halogens is 5. The molecule has 5 nitrogen and oxygen atoms in total. The molecule has 0 bridgehead atoms. The molecule has 0 saturated heterocycles. The maximum atomic E-state index is 14.2. The number of benzene rings is 1. The number of hydroxylamine groups is 2. The van der Waals surface area contributed by atoms with Crippen LogP contribution in [-0.4, -0.2) is 27.3 Å². The van der Waals surface area contributed by atoms with E-state index in [2.05, 4.69) is 14.7 Å². The molecule has 2 aromatic rings. The normalized spacial score (nSPS) is 11.6. The Hall–Kier alpha value is -2.14. The van der Waals surface area contributed by atoms with Gasteiger partial charge in [-0.25, -0.2) is 13.8 Å². The van der Waals surface area contributed by atoms with Crippen molar-refractivity contribution in [3.8, 4) is 11.4 Å². The van der Waals surface area contributed by atoms with Crippen molar-refractivity contribution in [2.75, 3.05) is 7.11 Å². The first-order chi connectivity index (χ1) is 11.7. The van der Waals surface area contributed by atoms with Crippen LogP contribution in [0.3, 0.4) is 0 Å². The van der Waals surface area contributed by atoms with Gasteiger partial charge in [0.05, 0.1) is 19.2 Å². The Labute approximate surface area is 144 Å². The first-order valence-electron chi connectivity index (χ1n) is 6.91. The van der Waals surface area contributed by atoms with Gasteiger partial charge in [-0.1, -0.05) is 30.4 Å². The summed E-state index contributed by atoms with van der Waals surface area (Å²) in [6, 6.07) is 2.24. The van der Waals surface area contributed by atoms with Gasteiger partial charge in [-0.2, -0.15) is 18.2 Å². The second kappa shape index (κ2) is 7.40. The molecule has 1 aromatic heterocycles. The smallest absolute Gasteiger partial charge is 0.329 e. The minimum atomic E-state index is -4.88. The molecule has 0 spiro atoms. The van der Waals surface area contributed by atoms with Crippen LogP contribution in [0.2, 0.25) is 0 Å². The third-order valence-electron chi connectivity index (χ3n) is 3.19.